The highest BCUT2D eigenvalue weighted by molar-refractivity contribution is 8.13. The summed E-state index contributed by atoms with van der Waals surface area (Å²) in [6.07, 6.45) is 8.08. The van der Waals surface area contributed by atoms with Gasteiger partial charge in [0.15, 0.2) is 5.12 Å². The first-order chi connectivity index (χ1) is 17.4. The molecule has 0 spiro atoms. The number of unbranched alkanes of at least 4 members (excludes halogenated alkanes) is 2. The first-order valence-electron chi connectivity index (χ1n) is 13.7. The lowest BCUT2D eigenvalue weighted by Crippen LogP contribution is -2.47. The summed E-state index contributed by atoms with van der Waals surface area (Å²) in [4.78, 5) is 11.0. The second-order valence-electron chi connectivity index (χ2n) is 11.4. The summed E-state index contributed by atoms with van der Waals surface area (Å²) in [7, 11) is 0. The van der Waals surface area contributed by atoms with Crippen molar-refractivity contribution in [2.75, 3.05) is 12.4 Å². The number of phenolic OH excluding ortho intramolecular Hbond substituents is 1. The van der Waals surface area contributed by atoms with E-state index in [0.717, 1.165) is 62.9 Å². The van der Waals surface area contributed by atoms with Crippen LogP contribution in [-0.4, -0.2) is 33.8 Å². The lowest BCUT2D eigenvalue weighted by atomic mass is 9.51. The number of carbonyl (C=O) groups excluding carboxylic acids is 1. The number of aryl methyl sites for hydroxylation is 1. The molecule has 2 aromatic carbocycles. The van der Waals surface area contributed by atoms with Gasteiger partial charge in [-0.05, 0) is 121 Å². The van der Waals surface area contributed by atoms with Crippen molar-refractivity contribution >= 4 is 16.9 Å². The number of hydrogen-bond donors (Lipinski definition) is 2. The van der Waals surface area contributed by atoms with Gasteiger partial charge in [-0.25, -0.2) is 0 Å². The van der Waals surface area contributed by atoms with Crippen LogP contribution >= 0.6 is 11.8 Å². The fourth-order valence-corrected chi connectivity index (χ4v) is 8.23. The Morgan fingerprint density at radius 2 is 1.89 bits per heavy atom. The summed E-state index contributed by atoms with van der Waals surface area (Å²) >= 11 is 1.40. The summed E-state index contributed by atoms with van der Waals surface area (Å²) < 4.78 is 6.02. The Balaban J connectivity index is 1.31. The van der Waals surface area contributed by atoms with Crippen molar-refractivity contribution in [3.8, 4) is 11.5 Å². The second kappa shape index (κ2) is 10.8. The normalized spacial score (nSPS) is 30.8. The SMILES string of the molecule is CC(=O)SCCCCCOc1ccc([C@H]2CC3(C)C(CC[C@@H]3O)C3CCc4cc(O)ccc4C32)cc1. The van der Waals surface area contributed by atoms with Gasteiger partial charge in [0, 0.05) is 12.7 Å². The predicted molar refractivity (Wildman–Crippen MR) is 146 cm³/mol. The molecule has 3 aliphatic carbocycles. The van der Waals surface area contributed by atoms with Crippen molar-refractivity contribution in [2.45, 2.75) is 83.2 Å². The van der Waals surface area contributed by atoms with Gasteiger partial charge in [0.1, 0.15) is 11.5 Å². The highest BCUT2D eigenvalue weighted by Crippen LogP contribution is 2.65. The van der Waals surface area contributed by atoms with Gasteiger partial charge in [-0.2, -0.15) is 0 Å². The lowest BCUT2D eigenvalue weighted by Gasteiger charge is -2.54. The molecule has 0 saturated heterocycles. The van der Waals surface area contributed by atoms with Crippen molar-refractivity contribution in [1.29, 1.82) is 0 Å². The van der Waals surface area contributed by atoms with E-state index in [1.54, 1.807) is 6.92 Å². The molecule has 2 fully saturated rings. The van der Waals surface area contributed by atoms with Crippen molar-refractivity contribution in [3.05, 3.63) is 59.2 Å². The van der Waals surface area contributed by atoms with Gasteiger partial charge in [-0.1, -0.05) is 36.9 Å². The molecule has 0 heterocycles. The van der Waals surface area contributed by atoms with Crippen molar-refractivity contribution in [2.24, 2.45) is 17.3 Å². The van der Waals surface area contributed by atoms with E-state index in [1.165, 1.54) is 28.5 Å². The van der Waals surface area contributed by atoms with E-state index in [1.807, 2.05) is 12.1 Å². The highest BCUT2D eigenvalue weighted by atomic mass is 32.2. The predicted octanol–water partition coefficient (Wildman–Crippen LogP) is 6.83. The van der Waals surface area contributed by atoms with Crippen LogP contribution in [0.1, 0.15) is 87.3 Å². The van der Waals surface area contributed by atoms with Crippen LogP contribution in [0.5, 0.6) is 11.5 Å². The first kappa shape index (κ1) is 25.7. The van der Waals surface area contributed by atoms with Crippen molar-refractivity contribution in [3.63, 3.8) is 0 Å². The standard InChI is InChI=1S/C31H40O4S/c1-20(32)36-17-5-3-4-16-35-24-10-6-21(7-11-24)27-19-31(2)28(14-15-29(31)34)26-12-8-22-18-23(33)9-13-25(22)30(26)27/h6-7,9-11,13,18,26-30,33-34H,3-5,8,12,14-17,19H2,1-2H3/t26?,27-,28?,29+,30?,31?/m1/s1. The smallest absolute Gasteiger partial charge is 0.185 e. The number of ether oxygens (including phenoxy) is 1. The maximum Gasteiger partial charge on any atom is 0.185 e. The number of rotatable bonds is 8. The number of aromatic hydroxyl groups is 1. The third kappa shape index (κ3) is 5.06. The molecule has 0 aliphatic heterocycles. The van der Waals surface area contributed by atoms with Crippen molar-refractivity contribution < 1.29 is 19.7 Å². The van der Waals surface area contributed by atoms with Crippen LogP contribution in [0.2, 0.25) is 0 Å². The molecule has 0 bridgehead atoms. The summed E-state index contributed by atoms with van der Waals surface area (Å²) in [6, 6.07) is 14.7. The molecule has 2 aromatic rings. The van der Waals surface area contributed by atoms with Crippen molar-refractivity contribution in [1.82, 2.24) is 0 Å². The molecule has 4 unspecified atom stereocenters. The zero-order valence-electron chi connectivity index (χ0n) is 21.6. The van der Waals surface area contributed by atoms with Gasteiger partial charge in [0.2, 0.25) is 0 Å². The minimum Gasteiger partial charge on any atom is -0.508 e. The van der Waals surface area contributed by atoms with E-state index >= 15 is 0 Å². The maximum atomic E-state index is 11.0. The molecule has 6 atom stereocenters. The Morgan fingerprint density at radius 1 is 1.08 bits per heavy atom. The van der Waals surface area contributed by atoms with Gasteiger partial charge in [-0.3, -0.25) is 4.79 Å². The van der Waals surface area contributed by atoms with Crippen LogP contribution in [-0.2, 0) is 11.2 Å². The Hall–Kier alpha value is -1.98. The number of thioether (sulfide) groups is 1. The molecule has 4 nitrogen and oxygen atoms in total. The summed E-state index contributed by atoms with van der Waals surface area (Å²) in [5.74, 6) is 4.07. The molecule has 2 saturated carbocycles. The zero-order valence-corrected chi connectivity index (χ0v) is 22.4. The fraction of sp³-hybridized carbons (Fsp3) is 0.581. The van der Waals surface area contributed by atoms with Crippen LogP contribution in [0.15, 0.2) is 42.5 Å². The summed E-state index contributed by atoms with van der Waals surface area (Å²) in [5.41, 5.74) is 4.00. The van der Waals surface area contributed by atoms with E-state index < -0.39 is 0 Å². The summed E-state index contributed by atoms with van der Waals surface area (Å²) in [5, 5.41) is 21.4. The Labute approximate surface area is 219 Å². The highest BCUT2D eigenvalue weighted by Gasteiger charge is 2.57. The van der Waals surface area contributed by atoms with Gasteiger partial charge < -0.3 is 14.9 Å². The van der Waals surface area contributed by atoms with E-state index in [0.29, 0.717) is 36.0 Å². The third-order valence-corrected chi connectivity index (χ3v) is 10.2. The van der Waals surface area contributed by atoms with E-state index in [-0.39, 0.29) is 16.6 Å². The van der Waals surface area contributed by atoms with Crippen LogP contribution in [0.4, 0.5) is 0 Å². The topological polar surface area (TPSA) is 66.8 Å². The Kier molecular flexibility index (Phi) is 7.69. The molecule has 0 aromatic heterocycles. The fourth-order valence-electron chi connectivity index (χ4n) is 7.59. The first-order valence-corrected chi connectivity index (χ1v) is 14.7. The molecule has 2 N–H and O–H groups in total. The largest absolute Gasteiger partial charge is 0.508 e. The molecule has 0 radical (unpaired) electrons. The third-order valence-electron chi connectivity index (χ3n) is 9.33. The number of fused-ring (bicyclic) bond motifs is 5. The minimum absolute atomic E-state index is 0.0316. The lowest BCUT2D eigenvalue weighted by molar-refractivity contribution is -0.109. The second-order valence-corrected chi connectivity index (χ2v) is 12.7. The monoisotopic (exact) mass is 508 g/mol. The van der Waals surface area contributed by atoms with Gasteiger partial charge in [0.05, 0.1) is 12.7 Å². The number of hydrogen-bond acceptors (Lipinski definition) is 5. The maximum absolute atomic E-state index is 11.0. The minimum atomic E-state index is -0.219. The van der Waals surface area contributed by atoms with Gasteiger partial charge >= 0.3 is 0 Å². The summed E-state index contributed by atoms with van der Waals surface area (Å²) in [6.45, 7) is 4.65. The van der Waals surface area contributed by atoms with Crippen LogP contribution < -0.4 is 4.74 Å². The van der Waals surface area contributed by atoms with Crippen LogP contribution in [0.3, 0.4) is 0 Å². The number of carbonyl (C=O) groups is 1. The van der Waals surface area contributed by atoms with E-state index in [4.69, 9.17) is 4.74 Å². The number of aliphatic hydroxyl groups excluding tert-OH is 1. The van der Waals surface area contributed by atoms with E-state index in [9.17, 15) is 15.0 Å². The quantitative estimate of drug-likeness (QED) is 0.383. The molecule has 3 aliphatic rings. The number of aliphatic hydroxyl groups is 1. The average molecular weight is 509 g/mol. The average Bonchev–Trinajstić information content (AvgIpc) is 3.16. The Morgan fingerprint density at radius 3 is 2.67 bits per heavy atom. The number of benzene rings is 2. The zero-order chi connectivity index (χ0) is 25.3. The molecule has 36 heavy (non-hydrogen) atoms. The van der Waals surface area contributed by atoms with Gasteiger partial charge in [0.25, 0.3) is 0 Å². The molecular weight excluding hydrogens is 468 g/mol. The molecule has 0 amide bonds. The Bertz CT molecular complexity index is 1070. The molecule has 5 heteroatoms. The molecule has 5 rings (SSSR count). The van der Waals surface area contributed by atoms with Crippen LogP contribution in [0.25, 0.3) is 0 Å². The number of phenols is 1. The van der Waals surface area contributed by atoms with E-state index in [2.05, 4.69) is 37.3 Å². The van der Waals surface area contributed by atoms with Crippen LogP contribution in [0, 0.1) is 17.3 Å². The molecular formula is C31H40O4S. The van der Waals surface area contributed by atoms with Gasteiger partial charge in [-0.15, -0.1) is 0 Å². The molecule has 194 valence electrons.